The zero-order valence-electron chi connectivity index (χ0n) is 8.99. The summed E-state index contributed by atoms with van der Waals surface area (Å²) in [6.45, 7) is 2.55. The largest absolute Gasteiger partial charge is 0.388 e. The second-order valence-electron chi connectivity index (χ2n) is 4.14. The van der Waals surface area contributed by atoms with Crippen molar-refractivity contribution < 1.29 is 14.2 Å². The Morgan fingerprint density at radius 2 is 2.31 bits per heavy atom. The molecule has 0 bridgehead atoms. The van der Waals surface area contributed by atoms with Crippen molar-refractivity contribution in [3.8, 4) is 0 Å². The van der Waals surface area contributed by atoms with Crippen molar-refractivity contribution in [1.29, 1.82) is 0 Å². The molecular weight excluding hydrogens is 231 g/mol. The third kappa shape index (κ3) is 2.21. The lowest BCUT2D eigenvalue weighted by molar-refractivity contribution is 0.0430. The second kappa shape index (κ2) is 4.70. The summed E-state index contributed by atoms with van der Waals surface area (Å²) >= 11 is 5.95. The molecule has 1 aromatic carbocycles. The van der Waals surface area contributed by atoms with Crippen LogP contribution in [0.4, 0.5) is 4.39 Å². The Bertz CT molecular complexity index is 383. The molecule has 1 saturated heterocycles. The Kier molecular flexibility index (Phi) is 3.47. The third-order valence-corrected chi connectivity index (χ3v) is 3.46. The van der Waals surface area contributed by atoms with Gasteiger partial charge in [0, 0.05) is 23.1 Å². The molecule has 3 atom stereocenters. The highest BCUT2D eigenvalue weighted by molar-refractivity contribution is 6.31. The lowest BCUT2D eigenvalue weighted by Gasteiger charge is -2.22. The van der Waals surface area contributed by atoms with Gasteiger partial charge in [-0.25, -0.2) is 4.39 Å². The smallest absolute Gasteiger partial charge is 0.123 e. The van der Waals surface area contributed by atoms with Crippen LogP contribution in [0.3, 0.4) is 0 Å². The predicted octanol–water partition coefficient (Wildman–Crippen LogP) is 2.94. The topological polar surface area (TPSA) is 29.5 Å². The summed E-state index contributed by atoms with van der Waals surface area (Å²) in [5, 5.41) is 10.6. The average molecular weight is 245 g/mol. The van der Waals surface area contributed by atoms with Gasteiger partial charge in [0.15, 0.2) is 0 Å². The van der Waals surface area contributed by atoms with E-state index in [1.54, 1.807) is 0 Å². The van der Waals surface area contributed by atoms with E-state index >= 15 is 0 Å². The summed E-state index contributed by atoms with van der Waals surface area (Å²) in [4.78, 5) is 0. The molecule has 1 aliphatic heterocycles. The molecule has 1 heterocycles. The maximum absolute atomic E-state index is 13.1. The molecule has 1 aliphatic rings. The van der Waals surface area contributed by atoms with E-state index in [-0.39, 0.29) is 17.8 Å². The molecule has 0 radical (unpaired) electrons. The second-order valence-corrected chi connectivity index (χ2v) is 4.55. The number of halogens is 2. The molecule has 1 fully saturated rings. The SMILES string of the molecule is CC1OCCC1C(O)c1cc(F)ccc1Cl. The zero-order valence-corrected chi connectivity index (χ0v) is 9.75. The lowest BCUT2D eigenvalue weighted by atomic mass is 9.91. The molecule has 0 aromatic heterocycles. The first-order valence-corrected chi connectivity index (χ1v) is 5.72. The van der Waals surface area contributed by atoms with Crippen LogP contribution in [0.5, 0.6) is 0 Å². The molecule has 0 aliphatic carbocycles. The fourth-order valence-electron chi connectivity index (χ4n) is 2.13. The van der Waals surface area contributed by atoms with Crippen molar-refractivity contribution in [3.05, 3.63) is 34.6 Å². The van der Waals surface area contributed by atoms with E-state index in [0.29, 0.717) is 17.2 Å². The van der Waals surface area contributed by atoms with Gasteiger partial charge in [-0.1, -0.05) is 11.6 Å². The molecule has 16 heavy (non-hydrogen) atoms. The summed E-state index contributed by atoms with van der Waals surface area (Å²) in [5.74, 6) is -0.399. The highest BCUT2D eigenvalue weighted by Crippen LogP contribution is 2.36. The first-order chi connectivity index (χ1) is 7.59. The van der Waals surface area contributed by atoms with Gasteiger partial charge in [-0.2, -0.15) is 0 Å². The number of ether oxygens (including phenoxy) is 1. The maximum Gasteiger partial charge on any atom is 0.123 e. The van der Waals surface area contributed by atoms with Crippen molar-refractivity contribution in [3.63, 3.8) is 0 Å². The Balaban J connectivity index is 2.25. The van der Waals surface area contributed by atoms with Gasteiger partial charge in [0.25, 0.3) is 0 Å². The van der Waals surface area contributed by atoms with Crippen LogP contribution in [0, 0.1) is 11.7 Å². The summed E-state index contributed by atoms with van der Waals surface area (Å²) in [5.41, 5.74) is 0.448. The molecule has 1 N–H and O–H groups in total. The van der Waals surface area contributed by atoms with E-state index in [9.17, 15) is 9.50 Å². The van der Waals surface area contributed by atoms with Gasteiger partial charge in [-0.05, 0) is 31.5 Å². The van der Waals surface area contributed by atoms with E-state index in [4.69, 9.17) is 16.3 Å². The lowest BCUT2D eigenvalue weighted by Crippen LogP contribution is -2.20. The molecule has 1 aromatic rings. The first-order valence-electron chi connectivity index (χ1n) is 5.34. The standard InChI is InChI=1S/C12H14ClFO2/c1-7-9(4-5-16-7)12(15)10-6-8(14)2-3-11(10)13/h2-3,6-7,9,12,15H,4-5H2,1H3. The monoisotopic (exact) mass is 244 g/mol. The fraction of sp³-hybridized carbons (Fsp3) is 0.500. The quantitative estimate of drug-likeness (QED) is 0.867. The molecule has 4 heteroatoms. The fourth-order valence-corrected chi connectivity index (χ4v) is 2.36. The van der Waals surface area contributed by atoms with Gasteiger partial charge in [-0.15, -0.1) is 0 Å². The molecule has 2 rings (SSSR count). The molecule has 0 amide bonds. The van der Waals surface area contributed by atoms with Crippen molar-refractivity contribution in [2.24, 2.45) is 5.92 Å². The zero-order chi connectivity index (χ0) is 11.7. The number of hydrogen-bond donors (Lipinski definition) is 1. The Morgan fingerprint density at radius 3 is 2.94 bits per heavy atom. The van der Waals surface area contributed by atoms with E-state index in [1.807, 2.05) is 6.92 Å². The summed E-state index contributed by atoms with van der Waals surface area (Å²) in [7, 11) is 0. The minimum atomic E-state index is -0.763. The molecule has 0 spiro atoms. The summed E-state index contributed by atoms with van der Waals surface area (Å²) in [6.07, 6.45) is -0.00938. The van der Waals surface area contributed by atoms with E-state index in [1.165, 1.54) is 18.2 Å². The molecule has 2 nitrogen and oxygen atoms in total. The van der Waals surface area contributed by atoms with Gasteiger partial charge in [0.2, 0.25) is 0 Å². The van der Waals surface area contributed by atoms with Gasteiger partial charge in [0.05, 0.1) is 12.2 Å². The minimum Gasteiger partial charge on any atom is -0.388 e. The van der Waals surface area contributed by atoms with E-state index < -0.39 is 6.10 Å². The molecule has 88 valence electrons. The van der Waals surface area contributed by atoms with Crippen LogP contribution in [-0.4, -0.2) is 17.8 Å². The summed E-state index contributed by atoms with van der Waals surface area (Å²) in [6, 6.07) is 4.04. The van der Waals surface area contributed by atoms with Gasteiger partial charge in [-0.3, -0.25) is 0 Å². The number of hydrogen-bond acceptors (Lipinski definition) is 2. The van der Waals surface area contributed by atoms with Gasteiger partial charge >= 0.3 is 0 Å². The normalized spacial score (nSPS) is 27.0. The number of aliphatic hydroxyl groups is 1. The Hall–Kier alpha value is -0.640. The van der Waals surface area contributed by atoms with Gasteiger partial charge < -0.3 is 9.84 Å². The highest BCUT2D eigenvalue weighted by Gasteiger charge is 2.32. The van der Waals surface area contributed by atoms with Crippen molar-refractivity contribution in [1.82, 2.24) is 0 Å². The minimum absolute atomic E-state index is 0.0145. The van der Waals surface area contributed by atoms with Crippen molar-refractivity contribution >= 4 is 11.6 Å². The number of rotatable bonds is 2. The van der Waals surface area contributed by atoms with Crippen LogP contribution in [0.2, 0.25) is 5.02 Å². The molecule has 3 unspecified atom stereocenters. The Morgan fingerprint density at radius 1 is 1.56 bits per heavy atom. The van der Waals surface area contributed by atoms with Crippen LogP contribution in [0.1, 0.15) is 25.0 Å². The van der Waals surface area contributed by atoms with Crippen LogP contribution in [0.15, 0.2) is 18.2 Å². The van der Waals surface area contributed by atoms with E-state index in [2.05, 4.69) is 0 Å². The maximum atomic E-state index is 13.1. The van der Waals surface area contributed by atoms with Crippen molar-refractivity contribution in [2.75, 3.05) is 6.61 Å². The Labute approximate surface area is 99.0 Å². The van der Waals surface area contributed by atoms with Crippen LogP contribution in [-0.2, 0) is 4.74 Å². The average Bonchev–Trinajstić information content (AvgIpc) is 2.67. The van der Waals surface area contributed by atoms with Gasteiger partial charge in [0.1, 0.15) is 5.82 Å². The number of aliphatic hydroxyl groups excluding tert-OH is 1. The molecule has 0 saturated carbocycles. The van der Waals surface area contributed by atoms with E-state index in [0.717, 1.165) is 6.42 Å². The van der Waals surface area contributed by atoms with Crippen molar-refractivity contribution in [2.45, 2.75) is 25.6 Å². The summed E-state index contributed by atoms with van der Waals surface area (Å²) < 4.78 is 18.5. The first kappa shape index (κ1) is 11.8. The van der Waals surface area contributed by atoms with Crippen LogP contribution < -0.4 is 0 Å². The predicted molar refractivity (Wildman–Crippen MR) is 59.9 cm³/mol. The number of benzene rings is 1. The van der Waals surface area contributed by atoms with Crippen LogP contribution >= 0.6 is 11.6 Å². The highest BCUT2D eigenvalue weighted by atomic mass is 35.5. The third-order valence-electron chi connectivity index (χ3n) is 3.12. The van der Waals surface area contributed by atoms with Crippen LogP contribution in [0.25, 0.3) is 0 Å². The molecular formula is C12H14ClFO2.